The van der Waals surface area contributed by atoms with Gasteiger partial charge in [0.25, 0.3) is 5.91 Å². The van der Waals surface area contributed by atoms with Crippen molar-refractivity contribution in [2.45, 2.75) is 39.8 Å². The molecule has 0 radical (unpaired) electrons. The Labute approximate surface area is 122 Å². The van der Waals surface area contributed by atoms with Gasteiger partial charge in [-0.05, 0) is 19.8 Å². The molecule has 7 heteroatoms. The number of aromatic nitrogens is 1. The average molecular weight is 300 g/mol. The van der Waals surface area contributed by atoms with Gasteiger partial charge in [0.15, 0.2) is 0 Å². The van der Waals surface area contributed by atoms with Crippen LogP contribution in [0.15, 0.2) is 6.20 Å². The minimum absolute atomic E-state index is 0.174. The number of nitrogens with zero attached hydrogens (tertiary/aromatic N) is 1. The summed E-state index contributed by atoms with van der Waals surface area (Å²) in [5.41, 5.74) is 0. The largest absolute Gasteiger partial charge is 0.480 e. The van der Waals surface area contributed by atoms with Crippen LogP contribution in [0.1, 0.15) is 48.5 Å². The van der Waals surface area contributed by atoms with Crippen LogP contribution in [-0.2, 0) is 9.53 Å². The van der Waals surface area contributed by atoms with Gasteiger partial charge >= 0.3 is 5.97 Å². The number of carboxylic acids is 1. The van der Waals surface area contributed by atoms with E-state index in [1.807, 2.05) is 13.8 Å². The molecule has 1 rings (SSSR count). The molecule has 0 fully saturated rings. The molecule has 1 amide bonds. The summed E-state index contributed by atoms with van der Waals surface area (Å²) in [5.74, 6) is -1.65. The summed E-state index contributed by atoms with van der Waals surface area (Å²) >= 11 is 1.21. The number of carbonyl (C=O) groups is 2. The first-order valence-electron chi connectivity index (χ1n) is 6.47. The lowest BCUT2D eigenvalue weighted by molar-refractivity contribution is -0.140. The number of aliphatic carboxylic acids is 1. The predicted octanol–water partition coefficient (Wildman–Crippen LogP) is 2.08. The van der Waals surface area contributed by atoms with Gasteiger partial charge in [-0.3, -0.25) is 4.79 Å². The molecule has 0 spiro atoms. The maximum absolute atomic E-state index is 12.0. The SMILES string of the molecule is CCOC(C)c1ncc(C(=O)N[C@H](C(=O)O)C(C)C)s1. The van der Waals surface area contributed by atoms with Crippen molar-refractivity contribution in [3.8, 4) is 0 Å². The van der Waals surface area contributed by atoms with Gasteiger partial charge in [-0.25, -0.2) is 9.78 Å². The second-order valence-corrected chi connectivity index (χ2v) is 5.76. The van der Waals surface area contributed by atoms with Crippen molar-refractivity contribution in [3.05, 3.63) is 16.1 Å². The Kier molecular flexibility index (Phi) is 6.09. The van der Waals surface area contributed by atoms with Gasteiger partial charge in [-0.2, -0.15) is 0 Å². The van der Waals surface area contributed by atoms with Crippen molar-refractivity contribution in [1.29, 1.82) is 0 Å². The molecule has 112 valence electrons. The lowest BCUT2D eigenvalue weighted by Gasteiger charge is -2.17. The Morgan fingerprint density at radius 1 is 1.45 bits per heavy atom. The second-order valence-electron chi connectivity index (χ2n) is 4.69. The van der Waals surface area contributed by atoms with Gasteiger partial charge in [-0.15, -0.1) is 11.3 Å². The van der Waals surface area contributed by atoms with E-state index in [1.54, 1.807) is 13.8 Å². The summed E-state index contributed by atoms with van der Waals surface area (Å²) in [6.07, 6.45) is 1.27. The summed E-state index contributed by atoms with van der Waals surface area (Å²) in [6.45, 7) is 7.80. The molecule has 0 saturated heterocycles. The van der Waals surface area contributed by atoms with Gasteiger partial charge in [0.2, 0.25) is 0 Å². The zero-order valence-electron chi connectivity index (χ0n) is 12.0. The van der Waals surface area contributed by atoms with E-state index in [-0.39, 0.29) is 12.0 Å². The standard InChI is InChI=1S/C13H20N2O4S/c1-5-19-8(4)12-14-6-9(20-12)11(16)15-10(7(2)3)13(17)18/h6-8,10H,5H2,1-4H3,(H,15,16)(H,17,18)/t8?,10-/m0/s1. The Bertz CT molecular complexity index is 473. The second kappa shape index (κ2) is 7.35. The molecule has 0 aliphatic heterocycles. The van der Waals surface area contributed by atoms with Crippen molar-refractivity contribution in [3.63, 3.8) is 0 Å². The van der Waals surface area contributed by atoms with E-state index in [9.17, 15) is 9.59 Å². The van der Waals surface area contributed by atoms with E-state index in [2.05, 4.69) is 10.3 Å². The maximum Gasteiger partial charge on any atom is 0.326 e. The first-order chi connectivity index (χ1) is 9.36. The highest BCUT2D eigenvalue weighted by atomic mass is 32.1. The quantitative estimate of drug-likeness (QED) is 0.805. The van der Waals surface area contributed by atoms with Crippen molar-refractivity contribution in [2.75, 3.05) is 6.61 Å². The van der Waals surface area contributed by atoms with E-state index >= 15 is 0 Å². The van der Waals surface area contributed by atoms with Gasteiger partial charge < -0.3 is 15.2 Å². The number of amides is 1. The van der Waals surface area contributed by atoms with Gasteiger partial charge in [0, 0.05) is 6.61 Å². The maximum atomic E-state index is 12.0. The normalized spacial score (nSPS) is 14.1. The van der Waals surface area contributed by atoms with Crippen LogP contribution in [0.2, 0.25) is 0 Å². The molecule has 0 aliphatic rings. The summed E-state index contributed by atoms with van der Waals surface area (Å²) in [5, 5.41) is 12.3. The molecule has 1 aromatic heterocycles. The summed E-state index contributed by atoms with van der Waals surface area (Å²) in [7, 11) is 0. The fourth-order valence-corrected chi connectivity index (χ4v) is 2.45. The van der Waals surface area contributed by atoms with Crippen molar-refractivity contribution in [2.24, 2.45) is 5.92 Å². The highest BCUT2D eigenvalue weighted by molar-refractivity contribution is 7.13. The molecule has 0 bridgehead atoms. The molecule has 0 aliphatic carbocycles. The van der Waals surface area contributed by atoms with Gasteiger partial charge in [0.05, 0.1) is 6.20 Å². The monoisotopic (exact) mass is 300 g/mol. The molecule has 0 aromatic carbocycles. The van der Waals surface area contributed by atoms with Crippen molar-refractivity contribution < 1.29 is 19.4 Å². The third-order valence-corrected chi connectivity index (χ3v) is 3.89. The van der Waals surface area contributed by atoms with Crippen LogP contribution < -0.4 is 5.32 Å². The lowest BCUT2D eigenvalue weighted by Crippen LogP contribution is -2.44. The Morgan fingerprint density at radius 2 is 2.10 bits per heavy atom. The third-order valence-electron chi connectivity index (χ3n) is 2.73. The zero-order valence-corrected chi connectivity index (χ0v) is 12.9. The molecule has 1 heterocycles. The summed E-state index contributed by atoms with van der Waals surface area (Å²) in [6, 6.07) is -0.905. The Balaban J connectivity index is 2.75. The molecule has 20 heavy (non-hydrogen) atoms. The smallest absolute Gasteiger partial charge is 0.326 e. The summed E-state index contributed by atoms with van der Waals surface area (Å²) < 4.78 is 5.40. The fourth-order valence-electron chi connectivity index (χ4n) is 1.63. The Morgan fingerprint density at radius 3 is 2.60 bits per heavy atom. The van der Waals surface area contributed by atoms with Crippen LogP contribution in [0.3, 0.4) is 0 Å². The molecule has 2 atom stereocenters. The predicted molar refractivity (Wildman–Crippen MR) is 75.9 cm³/mol. The minimum atomic E-state index is -1.04. The number of ether oxygens (including phenoxy) is 1. The Hall–Kier alpha value is -1.47. The third kappa shape index (κ3) is 4.28. The number of carboxylic acid groups (broad SMARTS) is 1. The van der Waals surface area contributed by atoms with Gasteiger partial charge in [-0.1, -0.05) is 13.8 Å². The van der Waals surface area contributed by atoms with Crippen LogP contribution in [0.5, 0.6) is 0 Å². The molecule has 1 unspecified atom stereocenters. The van der Waals surface area contributed by atoms with E-state index < -0.39 is 17.9 Å². The number of thiazole rings is 1. The number of hydrogen-bond acceptors (Lipinski definition) is 5. The minimum Gasteiger partial charge on any atom is -0.480 e. The molecular formula is C13H20N2O4S. The van der Waals surface area contributed by atoms with Crippen molar-refractivity contribution >= 4 is 23.2 Å². The van der Waals surface area contributed by atoms with Crippen LogP contribution >= 0.6 is 11.3 Å². The first kappa shape index (κ1) is 16.6. The molecule has 1 aromatic rings. The van der Waals surface area contributed by atoms with Crippen molar-refractivity contribution in [1.82, 2.24) is 10.3 Å². The van der Waals surface area contributed by atoms with Crippen LogP contribution in [0.4, 0.5) is 0 Å². The summed E-state index contributed by atoms with van der Waals surface area (Å²) in [4.78, 5) is 27.6. The highest BCUT2D eigenvalue weighted by Crippen LogP contribution is 2.22. The van der Waals surface area contributed by atoms with E-state index in [0.29, 0.717) is 16.5 Å². The fraction of sp³-hybridized carbons (Fsp3) is 0.615. The average Bonchev–Trinajstić information content (AvgIpc) is 2.84. The number of rotatable bonds is 7. The zero-order chi connectivity index (χ0) is 15.3. The molecule has 2 N–H and O–H groups in total. The van der Waals surface area contributed by atoms with Crippen LogP contribution in [-0.4, -0.2) is 34.6 Å². The van der Waals surface area contributed by atoms with E-state index in [0.717, 1.165) is 0 Å². The van der Waals surface area contributed by atoms with Crippen LogP contribution in [0.25, 0.3) is 0 Å². The van der Waals surface area contributed by atoms with Gasteiger partial charge in [0.1, 0.15) is 22.0 Å². The number of nitrogens with one attached hydrogen (secondary N) is 1. The number of hydrogen-bond donors (Lipinski definition) is 2. The van der Waals surface area contributed by atoms with E-state index in [1.165, 1.54) is 17.5 Å². The lowest BCUT2D eigenvalue weighted by atomic mass is 10.0. The molecular weight excluding hydrogens is 280 g/mol. The molecule has 6 nitrogen and oxygen atoms in total. The highest BCUT2D eigenvalue weighted by Gasteiger charge is 2.25. The topological polar surface area (TPSA) is 88.5 Å². The van der Waals surface area contributed by atoms with Crippen LogP contribution in [0, 0.1) is 5.92 Å². The van der Waals surface area contributed by atoms with E-state index in [4.69, 9.17) is 9.84 Å². The number of carbonyl (C=O) groups excluding carboxylic acids is 1. The molecule has 0 saturated carbocycles. The first-order valence-corrected chi connectivity index (χ1v) is 7.29.